The van der Waals surface area contributed by atoms with Crippen molar-refractivity contribution < 1.29 is 4.39 Å². The van der Waals surface area contributed by atoms with Crippen LogP contribution in [0.1, 0.15) is 5.56 Å². The molecule has 3 aromatic rings. The van der Waals surface area contributed by atoms with Crippen LogP contribution in [0.2, 0.25) is 0 Å². The van der Waals surface area contributed by atoms with Crippen LogP contribution in [0.25, 0.3) is 22.3 Å². The maximum absolute atomic E-state index is 13.6. The van der Waals surface area contributed by atoms with Gasteiger partial charge in [0.1, 0.15) is 5.82 Å². The second kappa shape index (κ2) is 3.76. The van der Waals surface area contributed by atoms with Gasteiger partial charge in [0.2, 0.25) is 5.95 Å². The lowest BCUT2D eigenvalue weighted by molar-refractivity contribution is 0.619. The highest BCUT2D eigenvalue weighted by Crippen LogP contribution is 2.29. The van der Waals surface area contributed by atoms with Crippen LogP contribution in [-0.2, 0) is 0 Å². The first-order valence-electron chi connectivity index (χ1n) is 5.39. The summed E-state index contributed by atoms with van der Waals surface area (Å²) in [6.45, 7) is 1.70. The van der Waals surface area contributed by atoms with Crippen molar-refractivity contribution in [1.82, 2.24) is 20.2 Å². The molecule has 3 rings (SSSR count). The van der Waals surface area contributed by atoms with Crippen LogP contribution in [0.5, 0.6) is 0 Å². The largest absolute Gasteiger partial charge is 0.368 e. The van der Waals surface area contributed by atoms with E-state index in [1.165, 1.54) is 6.07 Å². The summed E-state index contributed by atoms with van der Waals surface area (Å²) in [6.07, 6.45) is 1.61. The molecule has 0 aliphatic carbocycles. The first-order valence-corrected chi connectivity index (χ1v) is 5.39. The number of hydrogen-bond acceptors (Lipinski definition) is 4. The summed E-state index contributed by atoms with van der Waals surface area (Å²) in [4.78, 5) is 8.21. The molecule has 0 unspecified atom stereocenters. The molecular weight excluding hydrogens is 233 g/mol. The number of hydrogen-bond donors (Lipinski definition) is 2. The summed E-state index contributed by atoms with van der Waals surface area (Å²) in [7, 11) is 0. The molecule has 0 aliphatic rings. The van der Waals surface area contributed by atoms with Crippen molar-refractivity contribution in [2.24, 2.45) is 0 Å². The third-order valence-electron chi connectivity index (χ3n) is 2.85. The van der Waals surface area contributed by atoms with E-state index in [4.69, 9.17) is 5.73 Å². The molecule has 90 valence electrons. The van der Waals surface area contributed by atoms with Crippen LogP contribution in [0.3, 0.4) is 0 Å². The van der Waals surface area contributed by atoms with Crippen molar-refractivity contribution in [2.45, 2.75) is 6.92 Å². The van der Waals surface area contributed by atoms with E-state index in [2.05, 4.69) is 20.2 Å². The topological polar surface area (TPSA) is 80.5 Å². The van der Waals surface area contributed by atoms with Crippen LogP contribution < -0.4 is 5.73 Å². The average molecular weight is 243 g/mol. The SMILES string of the molecule is Cc1c(F)cccc1-c1nc(N)nc2[nH]ncc12. The number of H-pyrrole nitrogens is 1. The highest BCUT2D eigenvalue weighted by atomic mass is 19.1. The fraction of sp³-hybridized carbons (Fsp3) is 0.0833. The normalized spacial score (nSPS) is 11.0. The Bertz CT molecular complexity index is 734. The molecule has 0 aliphatic heterocycles. The zero-order valence-corrected chi connectivity index (χ0v) is 9.61. The number of nitrogen functional groups attached to an aromatic ring is 1. The molecule has 18 heavy (non-hydrogen) atoms. The fourth-order valence-electron chi connectivity index (χ4n) is 1.92. The summed E-state index contributed by atoms with van der Waals surface area (Å²) >= 11 is 0. The van der Waals surface area contributed by atoms with E-state index >= 15 is 0 Å². The van der Waals surface area contributed by atoms with E-state index in [9.17, 15) is 4.39 Å². The number of rotatable bonds is 1. The zero-order chi connectivity index (χ0) is 12.7. The third-order valence-corrected chi connectivity index (χ3v) is 2.85. The van der Waals surface area contributed by atoms with E-state index < -0.39 is 0 Å². The Balaban J connectivity index is 2.37. The Morgan fingerprint density at radius 1 is 1.28 bits per heavy atom. The summed E-state index contributed by atoms with van der Waals surface area (Å²) in [5.41, 5.74) is 7.99. The number of anilines is 1. The highest BCUT2D eigenvalue weighted by molar-refractivity contribution is 5.91. The van der Waals surface area contributed by atoms with Gasteiger partial charge in [-0.2, -0.15) is 10.1 Å². The Labute approximate surface area is 102 Å². The van der Waals surface area contributed by atoms with Crippen molar-refractivity contribution in [3.63, 3.8) is 0 Å². The smallest absolute Gasteiger partial charge is 0.222 e. The number of nitrogens with zero attached hydrogens (tertiary/aromatic N) is 3. The maximum Gasteiger partial charge on any atom is 0.222 e. The lowest BCUT2D eigenvalue weighted by Gasteiger charge is -2.07. The second-order valence-electron chi connectivity index (χ2n) is 3.98. The predicted octanol–water partition coefficient (Wildman–Crippen LogP) is 2.05. The van der Waals surface area contributed by atoms with Crippen LogP contribution in [-0.4, -0.2) is 20.2 Å². The van der Waals surface area contributed by atoms with Gasteiger partial charge in [0.25, 0.3) is 0 Å². The molecule has 2 aromatic heterocycles. The molecule has 2 heterocycles. The van der Waals surface area contributed by atoms with Gasteiger partial charge in [0, 0.05) is 5.56 Å². The number of nitrogens with two attached hydrogens (primary N) is 1. The van der Waals surface area contributed by atoms with E-state index in [0.29, 0.717) is 22.5 Å². The monoisotopic (exact) mass is 243 g/mol. The predicted molar refractivity (Wildman–Crippen MR) is 66.2 cm³/mol. The Kier molecular flexibility index (Phi) is 2.22. The van der Waals surface area contributed by atoms with Crippen LogP contribution in [0.4, 0.5) is 10.3 Å². The van der Waals surface area contributed by atoms with Gasteiger partial charge < -0.3 is 5.73 Å². The summed E-state index contributed by atoms with van der Waals surface area (Å²) in [5, 5.41) is 7.35. The third kappa shape index (κ3) is 1.50. The summed E-state index contributed by atoms with van der Waals surface area (Å²) in [5.74, 6) is -0.147. The molecule has 0 saturated carbocycles. The van der Waals surface area contributed by atoms with Crippen molar-refractivity contribution in [3.05, 3.63) is 35.8 Å². The molecule has 0 radical (unpaired) electrons. The second-order valence-corrected chi connectivity index (χ2v) is 3.98. The molecule has 3 N–H and O–H groups in total. The van der Waals surface area contributed by atoms with Crippen LogP contribution in [0.15, 0.2) is 24.4 Å². The molecule has 6 heteroatoms. The van der Waals surface area contributed by atoms with Crippen molar-refractivity contribution in [3.8, 4) is 11.3 Å². The minimum atomic E-state index is -0.277. The lowest BCUT2D eigenvalue weighted by Crippen LogP contribution is -1.99. The maximum atomic E-state index is 13.6. The average Bonchev–Trinajstić information content (AvgIpc) is 2.79. The van der Waals surface area contributed by atoms with Gasteiger partial charge in [-0.25, -0.2) is 9.37 Å². The number of nitrogens with one attached hydrogen (secondary N) is 1. The number of halogens is 1. The Morgan fingerprint density at radius 2 is 2.11 bits per heavy atom. The highest BCUT2D eigenvalue weighted by Gasteiger charge is 2.13. The standard InChI is InChI=1S/C12H10FN5/c1-6-7(3-2-4-9(6)13)10-8-5-15-18-11(8)17-12(14)16-10/h2-5H,1H3,(H3,14,15,16,17,18). The van der Waals surface area contributed by atoms with Crippen molar-refractivity contribution >= 4 is 17.0 Å². The van der Waals surface area contributed by atoms with E-state index in [-0.39, 0.29) is 11.8 Å². The van der Waals surface area contributed by atoms with Crippen LogP contribution in [0, 0.1) is 12.7 Å². The first-order chi connectivity index (χ1) is 8.66. The van der Waals surface area contributed by atoms with Gasteiger partial charge in [-0.05, 0) is 18.6 Å². The fourth-order valence-corrected chi connectivity index (χ4v) is 1.92. The minimum absolute atomic E-state index is 0.130. The Hall–Kier alpha value is -2.50. The molecule has 5 nitrogen and oxygen atoms in total. The number of fused-ring (bicyclic) bond motifs is 1. The molecule has 0 fully saturated rings. The van der Waals surface area contributed by atoms with Gasteiger partial charge in [-0.15, -0.1) is 0 Å². The number of aromatic amines is 1. The lowest BCUT2D eigenvalue weighted by atomic mass is 10.0. The zero-order valence-electron chi connectivity index (χ0n) is 9.61. The number of aromatic nitrogens is 4. The van der Waals surface area contributed by atoms with Crippen LogP contribution >= 0.6 is 0 Å². The van der Waals surface area contributed by atoms with Gasteiger partial charge >= 0.3 is 0 Å². The van der Waals surface area contributed by atoms with Crippen molar-refractivity contribution in [1.29, 1.82) is 0 Å². The molecule has 0 saturated heterocycles. The molecule has 0 amide bonds. The van der Waals surface area contributed by atoms with E-state index in [1.54, 1.807) is 25.3 Å². The molecular formula is C12H10FN5. The van der Waals surface area contributed by atoms with E-state index in [1.807, 2.05) is 0 Å². The van der Waals surface area contributed by atoms with E-state index in [0.717, 1.165) is 5.39 Å². The minimum Gasteiger partial charge on any atom is -0.368 e. The Morgan fingerprint density at radius 3 is 2.94 bits per heavy atom. The molecule has 0 spiro atoms. The number of benzene rings is 1. The van der Waals surface area contributed by atoms with Gasteiger partial charge in [0.15, 0.2) is 5.65 Å². The summed E-state index contributed by atoms with van der Waals surface area (Å²) in [6, 6.07) is 4.85. The van der Waals surface area contributed by atoms with Crippen molar-refractivity contribution in [2.75, 3.05) is 5.73 Å². The summed E-state index contributed by atoms with van der Waals surface area (Å²) < 4.78 is 13.6. The molecule has 1 aromatic carbocycles. The molecule has 0 atom stereocenters. The first kappa shape index (κ1) is 10.6. The molecule has 0 bridgehead atoms. The van der Waals surface area contributed by atoms with Gasteiger partial charge in [0.05, 0.1) is 17.3 Å². The quantitative estimate of drug-likeness (QED) is 0.685. The van der Waals surface area contributed by atoms with Gasteiger partial charge in [-0.3, -0.25) is 5.10 Å². The van der Waals surface area contributed by atoms with Gasteiger partial charge in [-0.1, -0.05) is 12.1 Å².